The molecule has 2 aliphatic rings. The van der Waals surface area contributed by atoms with Gasteiger partial charge in [-0.1, -0.05) is 32.9 Å². The predicted octanol–water partition coefficient (Wildman–Crippen LogP) is 3.69. The first-order valence-corrected chi connectivity index (χ1v) is 9.44. The number of ether oxygens (including phenoxy) is 1. The highest BCUT2D eigenvalue weighted by molar-refractivity contribution is 5.85. The van der Waals surface area contributed by atoms with Crippen LogP contribution in [0.3, 0.4) is 0 Å². The van der Waals surface area contributed by atoms with E-state index in [1.807, 2.05) is 13.8 Å². The Morgan fingerprint density at radius 2 is 2.04 bits per heavy atom. The second kappa shape index (κ2) is 7.86. The maximum atomic E-state index is 12.5. The number of Topliss-reactive ketones (excluding diaryl/α,β-unsaturated/α-hetero) is 1. The first kappa shape index (κ1) is 19.9. The summed E-state index contributed by atoms with van der Waals surface area (Å²) in [6.07, 6.45) is 2.44. The van der Waals surface area contributed by atoms with Crippen LogP contribution in [0.5, 0.6) is 0 Å². The number of rotatable bonds is 5. The molecule has 0 bridgehead atoms. The molecule has 0 aromatic carbocycles. The van der Waals surface area contributed by atoms with Crippen molar-refractivity contribution in [2.45, 2.75) is 66.1 Å². The van der Waals surface area contributed by atoms with E-state index in [1.54, 1.807) is 13.0 Å². The third-order valence-electron chi connectivity index (χ3n) is 6.10. The summed E-state index contributed by atoms with van der Waals surface area (Å²) in [5, 5.41) is 10.1. The van der Waals surface area contributed by atoms with Crippen molar-refractivity contribution in [1.82, 2.24) is 0 Å². The summed E-state index contributed by atoms with van der Waals surface area (Å²) in [5.74, 6) is 0.143. The molecule has 4 nitrogen and oxygen atoms in total. The molecule has 0 spiro atoms. The van der Waals surface area contributed by atoms with Crippen LogP contribution >= 0.6 is 0 Å². The lowest BCUT2D eigenvalue weighted by Crippen LogP contribution is -2.43. The Bertz CT molecular complexity index is 572. The predicted molar refractivity (Wildman–Crippen MR) is 97.8 cm³/mol. The van der Waals surface area contributed by atoms with E-state index in [9.17, 15) is 14.7 Å². The van der Waals surface area contributed by atoms with Crippen molar-refractivity contribution in [1.29, 1.82) is 0 Å². The molecule has 6 atom stereocenters. The fourth-order valence-electron chi connectivity index (χ4n) is 4.60. The van der Waals surface area contributed by atoms with E-state index < -0.39 is 6.10 Å². The zero-order valence-corrected chi connectivity index (χ0v) is 16.1. The van der Waals surface area contributed by atoms with Gasteiger partial charge in [-0.25, -0.2) is 4.79 Å². The number of fused-ring (bicyclic) bond motifs is 1. The van der Waals surface area contributed by atoms with Gasteiger partial charge in [-0.15, -0.1) is 0 Å². The summed E-state index contributed by atoms with van der Waals surface area (Å²) in [7, 11) is 0. The molecule has 0 amide bonds. The molecule has 2 fully saturated rings. The Hall–Kier alpha value is -1.42. The van der Waals surface area contributed by atoms with Crippen LogP contribution < -0.4 is 0 Å². The minimum absolute atomic E-state index is 0.00213. The van der Waals surface area contributed by atoms with Gasteiger partial charge in [0.2, 0.25) is 0 Å². The molecular weight excluding hydrogens is 316 g/mol. The van der Waals surface area contributed by atoms with Gasteiger partial charge >= 0.3 is 5.97 Å². The van der Waals surface area contributed by atoms with Crippen molar-refractivity contribution in [2.24, 2.45) is 29.6 Å². The van der Waals surface area contributed by atoms with Gasteiger partial charge in [0, 0.05) is 18.4 Å². The number of allylic oxidation sites excluding steroid dienone is 1. The summed E-state index contributed by atoms with van der Waals surface area (Å²) >= 11 is 0. The standard InChI is InChI=1S/C21H32O4/c1-7-12(4)8-19(24)25-18-10-15(11(2)3)21-16(13(18)5)9-17(23)20(21)14(6)22/h8,11,14-16,18,20-22H,5,7,9-10H2,1-4,6H3/b12-8+/t14-,15-,16-,18+,20-,21-/m0/s1. The molecule has 0 aromatic heterocycles. The molecule has 0 heterocycles. The fraction of sp³-hybridized carbons (Fsp3) is 0.714. The first-order chi connectivity index (χ1) is 11.7. The normalized spacial score (nSPS) is 34.2. The quantitative estimate of drug-likeness (QED) is 0.467. The van der Waals surface area contributed by atoms with E-state index in [4.69, 9.17) is 4.74 Å². The largest absolute Gasteiger partial charge is 0.455 e. The molecule has 2 aliphatic carbocycles. The maximum absolute atomic E-state index is 12.5. The van der Waals surface area contributed by atoms with Gasteiger partial charge in [0.05, 0.1) is 6.10 Å². The highest BCUT2D eigenvalue weighted by Crippen LogP contribution is 2.52. The van der Waals surface area contributed by atoms with E-state index >= 15 is 0 Å². The summed E-state index contributed by atoms with van der Waals surface area (Å²) in [6.45, 7) is 14.1. The lowest BCUT2D eigenvalue weighted by molar-refractivity contribution is -0.144. The van der Waals surface area contributed by atoms with Crippen LogP contribution in [0, 0.1) is 29.6 Å². The molecule has 2 saturated carbocycles. The van der Waals surface area contributed by atoms with Crippen LogP contribution in [0.1, 0.15) is 53.9 Å². The van der Waals surface area contributed by atoms with Crippen molar-refractivity contribution in [3.63, 3.8) is 0 Å². The zero-order valence-electron chi connectivity index (χ0n) is 16.1. The van der Waals surface area contributed by atoms with E-state index in [0.717, 1.165) is 17.6 Å². The lowest BCUT2D eigenvalue weighted by Gasteiger charge is -2.43. The van der Waals surface area contributed by atoms with Gasteiger partial charge in [0.25, 0.3) is 0 Å². The Labute approximate surface area is 151 Å². The Kier molecular flexibility index (Phi) is 6.26. The second-order valence-corrected chi connectivity index (χ2v) is 8.11. The van der Waals surface area contributed by atoms with Gasteiger partial charge in [-0.3, -0.25) is 4.79 Å². The van der Waals surface area contributed by atoms with Crippen LogP contribution in [0.15, 0.2) is 23.8 Å². The molecule has 0 aromatic rings. The maximum Gasteiger partial charge on any atom is 0.331 e. The third-order valence-corrected chi connectivity index (χ3v) is 6.10. The number of aliphatic hydroxyl groups is 1. The molecule has 0 unspecified atom stereocenters. The van der Waals surface area contributed by atoms with E-state index in [-0.39, 0.29) is 41.5 Å². The van der Waals surface area contributed by atoms with Crippen molar-refractivity contribution < 1.29 is 19.4 Å². The van der Waals surface area contributed by atoms with Gasteiger partial charge in [0.15, 0.2) is 0 Å². The van der Waals surface area contributed by atoms with Crippen LogP contribution in [0.4, 0.5) is 0 Å². The highest BCUT2D eigenvalue weighted by Gasteiger charge is 2.54. The number of aliphatic hydroxyl groups excluding tert-OH is 1. The number of carbonyl (C=O) groups excluding carboxylic acids is 2. The number of esters is 1. The Morgan fingerprint density at radius 3 is 2.56 bits per heavy atom. The van der Waals surface area contributed by atoms with Crippen molar-refractivity contribution in [3.05, 3.63) is 23.8 Å². The SMILES string of the molecule is C=C1[C@H](OC(=O)/C=C(\C)CC)C[C@@H](C(C)C)[C@@H]2[C@@H]([C@H](C)O)C(=O)C[C@@H]12. The third kappa shape index (κ3) is 4.05. The summed E-state index contributed by atoms with van der Waals surface area (Å²) in [6, 6.07) is 0. The fourth-order valence-corrected chi connectivity index (χ4v) is 4.60. The monoisotopic (exact) mass is 348 g/mol. The van der Waals surface area contributed by atoms with Gasteiger partial charge in [0.1, 0.15) is 11.9 Å². The van der Waals surface area contributed by atoms with Gasteiger partial charge in [-0.2, -0.15) is 0 Å². The van der Waals surface area contributed by atoms with Crippen molar-refractivity contribution in [3.8, 4) is 0 Å². The Morgan fingerprint density at radius 1 is 1.40 bits per heavy atom. The second-order valence-electron chi connectivity index (χ2n) is 8.11. The van der Waals surface area contributed by atoms with Gasteiger partial charge < -0.3 is 9.84 Å². The molecule has 25 heavy (non-hydrogen) atoms. The average molecular weight is 348 g/mol. The molecule has 140 valence electrons. The topological polar surface area (TPSA) is 63.6 Å². The summed E-state index contributed by atoms with van der Waals surface area (Å²) in [5.41, 5.74) is 1.82. The molecule has 4 heteroatoms. The highest BCUT2D eigenvalue weighted by atomic mass is 16.5. The number of carbonyl (C=O) groups is 2. The van der Waals surface area contributed by atoms with E-state index in [2.05, 4.69) is 20.4 Å². The van der Waals surface area contributed by atoms with E-state index in [1.165, 1.54) is 0 Å². The van der Waals surface area contributed by atoms with E-state index in [0.29, 0.717) is 18.8 Å². The van der Waals surface area contributed by atoms with Crippen LogP contribution in [0.2, 0.25) is 0 Å². The van der Waals surface area contributed by atoms with Gasteiger partial charge in [-0.05, 0) is 55.9 Å². The van der Waals surface area contributed by atoms with Crippen LogP contribution in [-0.4, -0.2) is 29.1 Å². The lowest BCUT2D eigenvalue weighted by atomic mass is 9.63. The molecule has 0 aliphatic heterocycles. The smallest absolute Gasteiger partial charge is 0.331 e. The van der Waals surface area contributed by atoms with Crippen molar-refractivity contribution in [2.75, 3.05) is 0 Å². The van der Waals surface area contributed by atoms with Crippen LogP contribution in [-0.2, 0) is 14.3 Å². The molecule has 1 N–H and O–H groups in total. The average Bonchev–Trinajstić information content (AvgIpc) is 2.87. The minimum Gasteiger partial charge on any atom is -0.455 e. The number of ketones is 1. The first-order valence-electron chi connectivity index (χ1n) is 9.44. The molecule has 2 rings (SSSR count). The van der Waals surface area contributed by atoms with Crippen LogP contribution in [0.25, 0.3) is 0 Å². The number of hydrogen-bond donors (Lipinski definition) is 1. The molecular formula is C21H32O4. The molecule has 0 radical (unpaired) electrons. The van der Waals surface area contributed by atoms with Crippen molar-refractivity contribution >= 4 is 11.8 Å². The summed E-state index contributed by atoms with van der Waals surface area (Å²) in [4.78, 5) is 24.7. The number of hydrogen-bond acceptors (Lipinski definition) is 4. The molecule has 0 saturated heterocycles. The minimum atomic E-state index is -0.647. The summed E-state index contributed by atoms with van der Waals surface area (Å²) < 4.78 is 5.71. The Balaban J connectivity index is 2.24. The zero-order chi connectivity index (χ0) is 18.9.